The lowest BCUT2D eigenvalue weighted by Crippen LogP contribution is -2.16. The molecule has 7 heteroatoms. The van der Waals surface area contributed by atoms with Crippen LogP contribution in [0.4, 0.5) is 14.5 Å². The Labute approximate surface area is 121 Å². The van der Waals surface area contributed by atoms with Crippen LogP contribution < -0.4 is 4.72 Å². The Morgan fingerprint density at radius 1 is 1.10 bits per heavy atom. The van der Waals surface area contributed by atoms with Crippen molar-refractivity contribution in [2.45, 2.75) is 17.9 Å². The lowest BCUT2D eigenvalue weighted by molar-refractivity contribution is 0.199. The first-order valence-electron chi connectivity index (χ1n) is 6.06. The minimum atomic E-state index is -4.40. The Bertz CT molecular complexity index is 740. The summed E-state index contributed by atoms with van der Waals surface area (Å²) in [6, 6.07) is 8.75. The van der Waals surface area contributed by atoms with Crippen molar-refractivity contribution in [2.24, 2.45) is 0 Å². The lowest BCUT2D eigenvalue weighted by Gasteiger charge is -2.11. The van der Waals surface area contributed by atoms with Crippen molar-refractivity contribution in [1.29, 1.82) is 0 Å². The predicted octanol–water partition coefficient (Wildman–Crippen LogP) is 2.82. The van der Waals surface area contributed by atoms with Gasteiger partial charge in [0, 0.05) is 5.69 Å². The van der Waals surface area contributed by atoms with Crippen LogP contribution in [0.2, 0.25) is 0 Å². The van der Waals surface area contributed by atoms with Gasteiger partial charge in [0.1, 0.15) is 11.6 Å². The van der Waals surface area contributed by atoms with Gasteiger partial charge in [-0.05, 0) is 36.8 Å². The fraction of sp³-hybridized carbons (Fsp3) is 0.143. The molecule has 0 bridgehead atoms. The highest BCUT2D eigenvalue weighted by Crippen LogP contribution is 2.23. The lowest BCUT2D eigenvalue weighted by atomic mass is 10.1. The van der Waals surface area contributed by atoms with Crippen molar-refractivity contribution in [3.8, 4) is 0 Å². The number of sulfonamides is 1. The predicted molar refractivity (Wildman–Crippen MR) is 74.2 cm³/mol. The number of rotatable bonds is 4. The van der Waals surface area contributed by atoms with E-state index in [1.165, 1.54) is 25.1 Å². The van der Waals surface area contributed by atoms with Gasteiger partial charge in [-0.25, -0.2) is 17.2 Å². The summed E-state index contributed by atoms with van der Waals surface area (Å²) in [5.74, 6) is -2.34. The van der Waals surface area contributed by atoms with E-state index in [0.717, 1.165) is 18.2 Å². The van der Waals surface area contributed by atoms with Crippen molar-refractivity contribution in [3.63, 3.8) is 0 Å². The number of aliphatic hydroxyl groups excluding tert-OH is 1. The largest absolute Gasteiger partial charge is 0.389 e. The third-order valence-electron chi connectivity index (χ3n) is 2.81. The summed E-state index contributed by atoms with van der Waals surface area (Å²) in [5, 5.41) is 9.45. The molecule has 2 rings (SSSR count). The monoisotopic (exact) mass is 313 g/mol. The van der Waals surface area contributed by atoms with Gasteiger partial charge >= 0.3 is 0 Å². The van der Waals surface area contributed by atoms with Crippen LogP contribution in [0.15, 0.2) is 47.4 Å². The van der Waals surface area contributed by atoms with E-state index in [-0.39, 0.29) is 5.69 Å². The highest BCUT2D eigenvalue weighted by molar-refractivity contribution is 7.92. The van der Waals surface area contributed by atoms with E-state index in [4.69, 9.17) is 0 Å². The van der Waals surface area contributed by atoms with Crippen molar-refractivity contribution >= 4 is 15.7 Å². The molecule has 2 N–H and O–H groups in total. The van der Waals surface area contributed by atoms with E-state index in [1.54, 1.807) is 6.07 Å². The third kappa shape index (κ3) is 3.37. The molecule has 112 valence electrons. The number of anilines is 1. The zero-order valence-corrected chi connectivity index (χ0v) is 11.9. The molecular weight excluding hydrogens is 300 g/mol. The highest BCUT2D eigenvalue weighted by Gasteiger charge is 2.23. The molecule has 2 aromatic rings. The standard InChI is InChI=1S/C14H13F2NO3S/c1-9(18)10-4-2-5-11(8-10)17-21(19,20)14-12(15)6-3-7-13(14)16/h2-9,17-18H,1H3/t9-/m1/s1. The highest BCUT2D eigenvalue weighted by atomic mass is 32.2. The first-order chi connectivity index (χ1) is 9.81. The summed E-state index contributed by atoms with van der Waals surface area (Å²) >= 11 is 0. The average molecular weight is 313 g/mol. The van der Waals surface area contributed by atoms with Crippen LogP contribution in [-0.2, 0) is 10.0 Å². The molecule has 2 aromatic carbocycles. The molecular formula is C14H13F2NO3S. The summed E-state index contributed by atoms with van der Waals surface area (Å²) in [6.45, 7) is 1.52. The Morgan fingerprint density at radius 2 is 1.67 bits per heavy atom. The maximum absolute atomic E-state index is 13.6. The van der Waals surface area contributed by atoms with E-state index >= 15 is 0 Å². The van der Waals surface area contributed by atoms with E-state index in [9.17, 15) is 22.3 Å². The van der Waals surface area contributed by atoms with Gasteiger partial charge in [0.25, 0.3) is 10.0 Å². The number of nitrogens with one attached hydrogen (secondary N) is 1. The smallest absolute Gasteiger partial charge is 0.267 e. The van der Waals surface area contributed by atoms with Gasteiger partial charge in [-0.3, -0.25) is 4.72 Å². The molecule has 0 spiro atoms. The van der Waals surface area contributed by atoms with Crippen LogP contribution in [0.5, 0.6) is 0 Å². The maximum atomic E-state index is 13.6. The van der Waals surface area contributed by atoms with Crippen LogP contribution in [-0.4, -0.2) is 13.5 Å². The number of halogens is 2. The minimum Gasteiger partial charge on any atom is -0.389 e. The Kier molecular flexibility index (Phi) is 4.24. The zero-order chi connectivity index (χ0) is 15.6. The molecule has 0 aliphatic rings. The second-order valence-electron chi connectivity index (χ2n) is 4.46. The molecule has 1 atom stereocenters. The van der Waals surface area contributed by atoms with Crippen molar-refractivity contribution in [3.05, 3.63) is 59.7 Å². The molecule has 21 heavy (non-hydrogen) atoms. The normalized spacial score (nSPS) is 13.0. The van der Waals surface area contributed by atoms with Gasteiger partial charge < -0.3 is 5.11 Å². The first-order valence-corrected chi connectivity index (χ1v) is 7.54. The molecule has 0 unspecified atom stereocenters. The summed E-state index contributed by atoms with van der Waals surface area (Å²) in [7, 11) is -4.40. The maximum Gasteiger partial charge on any atom is 0.267 e. The second kappa shape index (κ2) is 5.79. The van der Waals surface area contributed by atoms with Crippen LogP contribution in [0.1, 0.15) is 18.6 Å². The van der Waals surface area contributed by atoms with Gasteiger partial charge in [-0.1, -0.05) is 18.2 Å². The van der Waals surface area contributed by atoms with Crippen LogP contribution in [0, 0.1) is 11.6 Å². The number of hydrogen-bond donors (Lipinski definition) is 2. The van der Waals surface area contributed by atoms with Crippen LogP contribution >= 0.6 is 0 Å². The van der Waals surface area contributed by atoms with Gasteiger partial charge in [0.2, 0.25) is 0 Å². The fourth-order valence-electron chi connectivity index (χ4n) is 1.81. The molecule has 0 saturated heterocycles. The summed E-state index contributed by atoms with van der Waals surface area (Å²) in [6.07, 6.45) is -0.792. The molecule has 0 fully saturated rings. The summed E-state index contributed by atoms with van der Waals surface area (Å²) in [4.78, 5) is -1.03. The molecule has 4 nitrogen and oxygen atoms in total. The van der Waals surface area contributed by atoms with Gasteiger partial charge in [0.15, 0.2) is 4.90 Å². The van der Waals surface area contributed by atoms with Crippen molar-refractivity contribution in [2.75, 3.05) is 4.72 Å². The van der Waals surface area contributed by atoms with Crippen LogP contribution in [0.25, 0.3) is 0 Å². The topological polar surface area (TPSA) is 66.4 Å². The molecule has 0 saturated carbocycles. The van der Waals surface area contributed by atoms with Crippen molar-refractivity contribution < 1.29 is 22.3 Å². The SMILES string of the molecule is C[C@@H](O)c1cccc(NS(=O)(=O)c2c(F)cccc2F)c1. The van der Waals surface area contributed by atoms with E-state index in [2.05, 4.69) is 4.72 Å². The second-order valence-corrected chi connectivity index (χ2v) is 6.08. The van der Waals surface area contributed by atoms with E-state index in [1.807, 2.05) is 0 Å². The van der Waals surface area contributed by atoms with E-state index in [0.29, 0.717) is 5.56 Å². The number of benzene rings is 2. The third-order valence-corrected chi connectivity index (χ3v) is 4.24. The van der Waals surface area contributed by atoms with E-state index < -0.39 is 32.7 Å². The number of aliphatic hydroxyl groups is 1. The fourth-order valence-corrected chi connectivity index (χ4v) is 3.00. The minimum absolute atomic E-state index is 0.107. The summed E-state index contributed by atoms with van der Waals surface area (Å²) < 4.78 is 53.3. The molecule has 0 radical (unpaired) electrons. The first kappa shape index (κ1) is 15.4. The molecule has 0 aliphatic heterocycles. The molecule has 0 amide bonds. The van der Waals surface area contributed by atoms with Gasteiger partial charge in [-0.2, -0.15) is 0 Å². The Balaban J connectivity index is 2.40. The molecule has 0 aliphatic carbocycles. The van der Waals surface area contributed by atoms with Gasteiger partial charge in [-0.15, -0.1) is 0 Å². The quantitative estimate of drug-likeness (QED) is 0.912. The van der Waals surface area contributed by atoms with Gasteiger partial charge in [0.05, 0.1) is 6.10 Å². The van der Waals surface area contributed by atoms with Crippen LogP contribution in [0.3, 0.4) is 0 Å². The summed E-state index contributed by atoms with van der Waals surface area (Å²) in [5.41, 5.74) is 0.584. The molecule has 0 aromatic heterocycles. The number of hydrogen-bond acceptors (Lipinski definition) is 3. The molecule has 0 heterocycles. The Hall–Kier alpha value is -1.99. The zero-order valence-electron chi connectivity index (χ0n) is 11.0. The Morgan fingerprint density at radius 3 is 2.24 bits per heavy atom. The average Bonchev–Trinajstić information content (AvgIpc) is 2.37. The van der Waals surface area contributed by atoms with Crippen molar-refractivity contribution in [1.82, 2.24) is 0 Å².